The highest BCUT2D eigenvalue weighted by Gasteiger charge is 2.15. The molecule has 2 rings (SSSR count). The second-order valence-electron chi connectivity index (χ2n) is 4.59. The van der Waals surface area contributed by atoms with E-state index in [1.54, 1.807) is 29.5 Å². The number of carboxylic acids is 1. The molecule has 0 aliphatic rings. The van der Waals surface area contributed by atoms with Crippen LogP contribution in [0.1, 0.15) is 25.8 Å². The lowest BCUT2D eigenvalue weighted by Crippen LogP contribution is -2.19. The molecule has 0 atom stereocenters. The van der Waals surface area contributed by atoms with Gasteiger partial charge >= 0.3 is 5.97 Å². The van der Waals surface area contributed by atoms with Crippen molar-refractivity contribution in [2.24, 2.45) is 0 Å². The van der Waals surface area contributed by atoms with Crippen LogP contribution < -0.4 is 0 Å². The van der Waals surface area contributed by atoms with Crippen molar-refractivity contribution < 1.29 is 9.90 Å². The van der Waals surface area contributed by atoms with E-state index in [1.165, 1.54) is 0 Å². The number of aromatic carboxylic acids is 1. The first-order valence-corrected chi connectivity index (χ1v) is 7.27. The fraction of sp³-hybridized carbons (Fsp3) is 0.286. The van der Waals surface area contributed by atoms with E-state index in [9.17, 15) is 9.90 Å². The van der Waals surface area contributed by atoms with Gasteiger partial charge in [0.15, 0.2) is 0 Å². The van der Waals surface area contributed by atoms with Crippen molar-refractivity contribution in [2.75, 3.05) is 7.05 Å². The van der Waals surface area contributed by atoms with Gasteiger partial charge in [-0.3, -0.25) is 4.90 Å². The molecule has 0 spiro atoms. The molecule has 20 heavy (non-hydrogen) atoms. The number of benzene rings is 1. The van der Waals surface area contributed by atoms with Crippen molar-refractivity contribution in [2.45, 2.75) is 20.0 Å². The lowest BCUT2D eigenvalue weighted by Gasteiger charge is -2.17. The fourth-order valence-corrected chi connectivity index (χ4v) is 3.10. The van der Waals surface area contributed by atoms with Crippen LogP contribution in [0.5, 0.6) is 0 Å². The molecule has 1 heterocycles. The Morgan fingerprint density at radius 1 is 1.45 bits per heavy atom. The van der Waals surface area contributed by atoms with Gasteiger partial charge in [-0.15, -0.1) is 11.3 Å². The van der Waals surface area contributed by atoms with E-state index in [0.717, 1.165) is 16.4 Å². The number of aryl methyl sites for hydroxylation is 1. The summed E-state index contributed by atoms with van der Waals surface area (Å²) in [6, 6.07) is 4.95. The minimum atomic E-state index is -0.954. The van der Waals surface area contributed by atoms with E-state index in [4.69, 9.17) is 11.6 Å². The molecule has 0 saturated heterocycles. The number of nitrogens with zero attached hydrogens (tertiary/aromatic N) is 2. The van der Waals surface area contributed by atoms with Gasteiger partial charge in [-0.2, -0.15) is 0 Å². The van der Waals surface area contributed by atoms with Crippen molar-refractivity contribution >= 4 is 28.9 Å². The van der Waals surface area contributed by atoms with Gasteiger partial charge in [0.25, 0.3) is 0 Å². The largest absolute Gasteiger partial charge is 0.478 e. The number of carbonyl (C=O) groups is 1. The molecule has 0 bridgehead atoms. The standard InChI is InChI=1S/C14H15ClN2O2S/c1-9-16-6-10(20-9)7-17(2)8-12-11(14(18)19)4-3-5-13(12)15/h3-6H,7-8H2,1-2H3,(H,18,19). The summed E-state index contributed by atoms with van der Waals surface area (Å²) in [7, 11) is 1.93. The minimum absolute atomic E-state index is 0.254. The van der Waals surface area contributed by atoms with Crippen LogP contribution in [0.3, 0.4) is 0 Å². The normalized spacial score (nSPS) is 11.0. The molecule has 6 heteroatoms. The third-order valence-corrected chi connectivity index (χ3v) is 4.12. The van der Waals surface area contributed by atoms with Gasteiger partial charge in [0.05, 0.1) is 10.6 Å². The van der Waals surface area contributed by atoms with Crippen LogP contribution in [-0.4, -0.2) is 28.0 Å². The molecule has 0 saturated carbocycles. The zero-order valence-corrected chi connectivity index (χ0v) is 12.8. The third kappa shape index (κ3) is 3.56. The summed E-state index contributed by atoms with van der Waals surface area (Å²) in [6.07, 6.45) is 1.85. The quantitative estimate of drug-likeness (QED) is 0.919. The average Bonchev–Trinajstić information content (AvgIpc) is 2.77. The highest BCUT2D eigenvalue weighted by Crippen LogP contribution is 2.23. The minimum Gasteiger partial charge on any atom is -0.478 e. The second kappa shape index (κ2) is 6.35. The highest BCUT2D eigenvalue weighted by atomic mass is 35.5. The van der Waals surface area contributed by atoms with Gasteiger partial charge in [0, 0.05) is 29.2 Å². The molecule has 0 radical (unpaired) electrons. The predicted molar refractivity (Wildman–Crippen MR) is 80.4 cm³/mol. The van der Waals surface area contributed by atoms with Crippen LogP contribution in [-0.2, 0) is 13.1 Å². The van der Waals surface area contributed by atoms with Crippen LogP contribution in [0.25, 0.3) is 0 Å². The predicted octanol–water partition coefficient (Wildman–Crippen LogP) is 3.44. The maximum Gasteiger partial charge on any atom is 0.336 e. The van der Waals surface area contributed by atoms with Crippen molar-refractivity contribution in [3.63, 3.8) is 0 Å². The number of aromatic nitrogens is 1. The summed E-state index contributed by atoms with van der Waals surface area (Å²) in [6.45, 7) is 3.17. The molecule has 0 amide bonds. The Balaban J connectivity index is 2.15. The first-order chi connectivity index (χ1) is 9.47. The third-order valence-electron chi connectivity index (χ3n) is 2.87. The van der Waals surface area contributed by atoms with Crippen molar-refractivity contribution in [1.29, 1.82) is 0 Å². The van der Waals surface area contributed by atoms with Crippen LogP contribution in [0, 0.1) is 6.92 Å². The fourth-order valence-electron chi connectivity index (χ4n) is 1.99. The van der Waals surface area contributed by atoms with Crippen molar-refractivity contribution in [3.8, 4) is 0 Å². The van der Waals surface area contributed by atoms with Gasteiger partial charge in [0.2, 0.25) is 0 Å². The molecule has 1 N–H and O–H groups in total. The molecule has 0 aliphatic carbocycles. The molecule has 0 unspecified atom stereocenters. The van der Waals surface area contributed by atoms with E-state index in [2.05, 4.69) is 4.98 Å². The second-order valence-corrected chi connectivity index (χ2v) is 6.32. The number of rotatable bonds is 5. The van der Waals surface area contributed by atoms with Crippen LogP contribution in [0.4, 0.5) is 0 Å². The molecule has 4 nitrogen and oxygen atoms in total. The average molecular weight is 311 g/mol. The van der Waals surface area contributed by atoms with Gasteiger partial charge in [-0.1, -0.05) is 17.7 Å². The van der Waals surface area contributed by atoms with Gasteiger partial charge in [0.1, 0.15) is 0 Å². The molecular formula is C14H15ClN2O2S. The zero-order chi connectivity index (χ0) is 14.7. The van der Waals surface area contributed by atoms with Crippen LogP contribution >= 0.6 is 22.9 Å². The Kier molecular flexibility index (Phi) is 4.75. The van der Waals surface area contributed by atoms with Crippen molar-refractivity contribution in [1.82, 2.24) is 9.88 Å². The summed E-state index contributed by atoms with van der Waals surface area (Å²) in [4.78, 5) is 18.6. The first kappa shape index (κ1) is 15.0. The number of carboxylic acid groups (broad SMARTS) is 1. The van der Waals surface area contributed by atoms with Crippen LogP contribution in [0.2, 0.25) is 5.02 Å². The molecule has 0 aliphatic heterocycles. The summed E-state index contributed by atoms with van der Waals surface area (Å²) < 4.78 is 0. The Morgan fingerprint density at radius 2 is 2.20 bits per heavy atom. The van der Waals surface area contributed by atoms with Crippen LogP contribution in [0.15, 0.2) is 24.4 Å². The Morgan fingerprint density at radius 3 is 2.80 bits per heavy atom. The van der Waals surface area contributed by atoms with E-state index < -0.39 is 5.97 Å². The molecule has 2 aromatic rings. The molecule has 1 aromatic heterocycles. The summed E-state index contributed by atoms with van der Waals surface area (Å²) >= 11 is 7.76. The summed E-state index contributed by atoms with van der Waals surface area (Å²) in [5.74, 6) is -0.954. The highest BCUT2D eigenvalue weighted by molar-refractivity contribution is 7.11. The van der Waals surface area contributed by atoms with Gasteiger partial charge in [-0.05, 0) is 31.7 Å². The summed E-state index contributed by atoms with van der Waals surface area (Å²) in [5, 5.41) is 10.7. The van der Waals surface area contributed by atoms with E-state index in [-0.39, 0.29) is 5.56 Å². The topological polar surface area (TPSA) is 53.4 Å². The molecule has 106 valence electrons. The molecular weight excluding hydrogens is 296 g/mol. The van der Waals surface area contributed by atoms with E-state index >= 15 is 0 Å². The van der Waals surface area contributed by atoms with Crippen molar-refractivity contribution in [3.05, 3.63) is 50.4 Å². The number of thiazole rings is 1. The number of halogens is 1. The molecule has 1 aromatic carbocycles. The maximum atomic E-state index is 11.2. The first-order valence-electron chi connectivity index (χ1n) is 6.08. The SMILES string of the molecule is Cc1ncc(CN(C)Cc2c(Cl)cccc2C(=O)O)s1. The summed E-state index contributed by atoms with van der Waals surface area (Å²) in [5.41, 5.74) is 0.898. The number of hydrogen-bond acceptors (Lipinski definition) is 4. The lowest BCUT2D eigenvalue weighted by molar-refractivity contribution is 0.0694. The van der Waals surface area contributed by atoms with Gasteiger partial charge in [-0.25, -0.2) is 9.78 Å². The Hall–Kier alpha value is -1.43. The lowest BCUT2D eigenvalue weighted by atomic mass is 10.1. The zero-order valence-electron chi connectivity index (χ0n) is 11.3. The molecule has 0 fully saturated rings. The maximum absolute atomic E-state index is 11.2. The Labute approximate surface area is 126 Å². The van der Waals surface area contributed by atoms with E-state index in [1.807, 2.05) is 25.1 Å². The Bertz CT molecular complexity index is 627. The smallest absolute Gasteiger partial charge is 0.336 e. The number of hydrogen-bond donors (Lipinski definition) is 1. The van der Waals surface area contributed by atoms with E-state index in [0.29, 0.717) is 17.1 Å². The van der Waals surface area contributed by atoms with Gasteiger partial charge < -0.3 is 5.11 Å². The monoisotopic (exact) mass is 310 g/mol.